The molecule has 1 atom stereocenters. The molecule has 1 aromatic carbocycles. The van der Waals surface area contributed by atoms with E-state index in [2.05, 4.69) is 10.0 Å². The Labute approximate surface area is 118 Å². The maximum absolute atomic E-state index is 12.0. The van der Waals surface area contributed by atoms with Gasteiger partial charge in [-0.15, -0.1) is 0 Å². The molecule has 8 heteroatoms. The number of carboxylic acid groups (broad SMARTS) is 1. The van der Waals surface area contributed by atoms with Crippen LogP contribution in [0.2, 0.25) is 0 Å². The summed E-state index contributed by atoms with van der Waals surface area (Å²) in [6, 6.07) is 3.77. The lowest BCUT2D eigenvalue weighted by Crippen LogP contribution is -2.25. The number of sulfonamides is 1. The van der Waals surface area contributed by atoms with Crippen LogP contribution in [0.1, 0.15) is 17.3 Å². The zero-order valence-corrected chi connectivity index (χ0v) is 12.3. The Morgan fingerprint density at radius 3 is 2.60 bits per heavy atom. The quantitative estimate of drug-likeness (QED) is 0.686. The lowest BCUT2D eigenvalue weighted by atomic mass is 10.2. The number of hydrogen-bond donors (Lipinski definition) is 3. The predicted octanol–water partition coefficient (Wildman–Crippen LogP) is 0.740. The van der Waals surface area contributed by atoms with E-state index in [1.807, 2.05) is 6.92 Å². The van der Waals surface area contributed by atoms with Crippen LogP contribution in [0.15, 0.2) is 23.1 Å². The van der Waals surface area contributed by atoms with Gasteiger partial charge in [-0.2, -0.15) is 0 Å². The van der Waals surface area contributed by atoms with Crippen molar-refractivity contribution in [2.45, 2.75) is 17.9 Å². The zero-order valence-electron chi connectivity index (χ0n) is 11.5. The van der Waals surface area contributed by atoms with Crippen molar-refractivity contribution in [3.63, 3.8) is 0 Å². The topological polar surface area (TPSA) is 105 Å². The lowest BCUT2D eigenvalue weighted by molar-refractivity contribution is 0.0696. The molecule has 7 nitrogen and oxygen atoms in total. The summed E-state index contributed by atoms with van der Waals surface area (Å²) in [5, 5.41) is 11.9. The first kappa shape index (κ1) is 16.4. The molecule has 0 fully saturated rings. The highest BCUT2D eigenvalue weighted by Crippen LogP contribution is 2.23. The molecule has 0 aliphatic heterocycles. The van der Waals surface area contributed by atoms with Crippen molar-refractivity contribution < 1.29 is 23.1 Å². The van der Waals surface area contributed by atoms with Crippen LogP contribution in [0.5, 0.6) is 0 Å². The van der Waals surface area contributed by atoms with Crippen molar-refractivity contribution >= 4 is 21.7 Å². The van der Waals surface area contributed by atoms with E-state index in [0.29, 0.717) is 12.3 Å². The van der Waals surface area contributed by atoms with Gasteiger partial charge in [-0.1, -0.05) is 0 Å². The molecule has 0 spiro atoms. The maximum Gasteiger partial charge on any atom is 0.335 e. The van der Waals surface area contributed by atoms with Gasteiger partial charge in [-0.3, -0.25) is 0 Å². The second-order valence-corrected chi connectivity index (χ2v) is 6.08. The molecule has 0 aliphatic rings. The van der Waals surface area contributed by atoms with Crippen molar-refractivity contribution in [1.82, 2.24) is 4.72 Å². The van der Waals surface area contributed by atoms with E-state index >= 15 is 0 Å². The largest absolute Gasteiger partial charge is 0.478 e. The molecular weight excluding hydrogens is 284 g/mol. The van der Waals surface area contributed by atoms with Gasteiger partial charge in [0.1, 0.15) is 4.90 Å². The summed E-state index contributed by atoms with van der Waals surface area (Å²) in [6.45, 7) is 2.21. The Bertz CT molecular complexity index is 586. The molecule has 0 unspecified atom stereocenters. The van der Waals surface area contributed by atoms with Crippen LogP contribution in [-0.4, -0.2) is 46.3 Å². The minimum Gasteiger partial charge on any atom is -0.478 e. The van der Waals surface area contributed by atoms with Crippen LogP contribution in [-0.2, 0) is 14.8 Å². The molecule has 20 heavy (non-hydrogen) atoms. The first-order valence-electron chi connectivity index (χ1n) is 5.88. The standard InChI is InChI=1S/C12H18N2O5S/c1-8(7-19-3)14-10-5-4-9(12(15)16)6-11(10)20(17,18)13-2/h4-6,8,13-14H,7H2,1-3H3,(H,15,16)/t8-/m0/s1. The molecule has 0 saturated heterocycles. The number of methoxy groups -OCH3 is 1. The van der Waals surface area contributed by atoms with Gasteiger partial charge >= 0.3 is 5.97 Å². The van der Waals surface area contributed by atoms with Gasteiger partial charge < -0.3 is 15.2 Å². The van der Waals surface area contributed by atoms with E-state index < -0.39 is 16.0 Å². The predicted molar refractivity (Wildman–Crippen MR) is 74.6 cm³/mol. The summed E-state index contributed by atoms with van der Waals surface area (Å²) in [5.41, 5.74) is 0.234. The minimum absolute atomic E-state index is 0.0937. The van der Waals surface area contributed by atoms with Gasteiger partial charge in [0, 0.05) is 13.2 Å². The van der Waals surface area contributed by atoms with E-state index in [9.17, 15) is 13.2 Å². The highest BCUT2D eigenvalue weighted by molar-refractivity contribution is 7.89. The molecule has 0 aromatic heterocycles. The summed E-state index contributed by atoms with van der Waals surface area (Å²) < 4.78 is 31.1. The number of aromatic carboxylic acids is 1. The minimum atomic E-state index is -3.76. The molecule has 112 valence electrons. The molecule has 0 amide bonds. The van der Waals surface area contributed by atoms with Gasteiger partial charge in [0.05, 0.1) is 17.9 Å². The number of nitrogens with one attached hydrogen (secondary N) is 2. The van der Waals surface area contributed by atoms with Crippen molar-refractivity contribution in [3.8, 4) is 0 Å². The molecule has 3 N–H and O–H groups in total. The van der Waals surface area contributed by atoms with Gasteiger partial charge in [-0.05, 0) is 32.2 Å². The summed E-state index contributed by atoms with van der Waals surface area (Å²) in [7, 11) is -0.954. The van der Waals surface area contributed by atoms with E-state index in [4.69, 9.17) is 9.84 Å². The normalized spacial score (nSPS) is 12.9. The van der Waals surface area contributed by atoms with Crippen LogP contribution >= 0.6 is 0 Å². The lowest BCUT2D eigenvalue weighted by Gasteiger charge is -2.17. The second kappa shape index (κ2) is 6.69. The molecule has 0 radical (unpaired) electrons. The van der Waals surface area contributed by atoms with Crippen LogP contribution in [0.25, 0.3) is 0 Å². The molecule has 0 bridgehead atoms. The third-order valence-corrected chi connectivity index (χ3v) is 4.06. The van der Waals surface area contributed by atoms with Crippen molar-refractivity contribution in [3.05, 3.63) is 23.8 Å². The van der Waals surface area contributed by atoms with E-state index in [1.165, 1.54) is 26.3 Å². The summed E-state index contributed by atoms with van der Waals surface area (Å²) in [6.07, 6.45) is 0. The molecule has 0 aliphatic carbocycles. The Kier molecular flexibility index (Phi) is 5.49. The maximum atomic E-state index is 12.0. The zero-order chi connectivity index (χ0) is 15.3. The molecule has 1 aromatic rings. The van der Waals surface area contributed by atoms with Gasteiger partial charge in [0.15, 0.2) is 0 Å². The van der Waals surface area contributed by atoms with Crippen LogP contribution in [0.4, 0.5) is 5.69 Å². The third-order valence-electron chi connectivity index (χ3n) is 2.61. The fraction of sp³-hybridized carbons (Fsp3) is 0.417. The van der Waals surface area contributed by atoms with Gasteiger partial charge in [-0.25, -0.2) is 17.9 Å². The third kappa shape index (κ3) is 3.92. The van der Waals surface area contributed by atoms with E-state index in [0.717, 1.165) is 6.07 Å². The number of carbonyl (C=O) groups is 1. The highest BCUT2D eigenvalue weighted by Gasteiger charge is 2.20. The van der Waals surface area contributed by atoms with Crippen molar-refractivity contribution in [1.29, 1.82) is 0 Å². The first-order chi connectivity index (χ1) is 9.31. The fourth-order valence-electron chi connectivity index (χ4n) is 1.66. The summed E-state index contributed by atoms with van der Waals surface area (Å²) in [4.78, 5) is 10.8. The second-order valence-electron chi connectivity index (χ2n) is 4.22. The van der Waals surface area contributed by atoms with Crippen LogP contribution < -0.4 is 10.0 Å². The Morgan fingerprint density at radius 2 is 2.10 bits per heavy atom. The number of ether oxygens (including phenoxy) is 1. The van der Waals surface area contributed by atoms with Crippen molar-refractivity contribution in [2.24, 2.45) is 0 Å². The molecular formula is C12H18N2O5S. The van der Waals surface area contributed by atoms with Crippen LogP contribution in [0, 0.1) is 0 Å². The Morgan fingerprint density at radius 1 is 1.45 bits per heavy atom. The van der Waals surface area contributed by atoms with Crippen molar-refractivity contribution in [2.75, 3.05) is 26.1 Å². The Hall–Kier alpha value is -1.64. The summed E-state index contributed by atoms with van der Waals surface area (Å²) in [5.74, 6) is -1.19. The molecule has 1 rings (SSSR count). The molecule has 0 saturated carbocycles. The first-order valence-corrected chi connectivity index (χ1v) is 7.36. The number of benzene rings is 1. The number of carboxylic acids is 1. The number of rotatable bonds is 7. The van der Waals surface area contributed by atoms with E-state index in [-0.39, 0.29) is 16.5 Å². The SMILES string of the molecule is CNS(=O)(=O)c1cc(C(=O)O)ccc1N[C@@H](C)COC. The Balaban J connectivity index is 3.26. The number of anilines is 1. The van der Waals surface area contributed by atoms with E-state index in [1.54, 1.807) is 0 Å². The average molecular weight is 302 g/mol. The number of hydrogen-bond acceptors (Lipinski definition) is 5. The van der Waals surface area contributed by atoms with Crippen LogP contribution in [0.3, 0.4) is 0 Å². The van der Waals surface area contributed by atoms with Gasteiger partial charge in [0.25, 0.3) is 0 Å². The smallest absolute Gasteiger partial charge is 0.335 e. The molecule has 0 heterocycles. The van der Waals surface area contributed by atoms with Gasteiger partial charge in [0.2, 0.25) is 10.0 Å². The highest BCUT2D eigenvalue weighted by atomic mass is 32.2. The average Bonchev–Trinajstić information content (AvgIpc) is 2.39. The monoisotopic (exact) mass is 302 g/mol. The summed E-state index contributed by atoms with van der Waals surface area (Å²) >= 11 is 0. The fourth-order valence-corrected chi connectivity index (χ4v) is 2.58.